The highest BCUT2D eigenvalue weighted by Gasteiger charge is 2.31. The van der Waals surface area contributed by atoms with Crippen molar-refractivity contribution in [2.45, 2.75) is 19.4 Å². The van der Waals surface area contributed by atoms with Gasteiger partial charge in [-0.2, -0.15) is 0 Å². The molecule has 1 atom stereocenters. The monoisotopic (exact) mass is 384 g/mol. The Balaban J connectivity index is 1.49. The van der Waals surface area contributed by atoms with Crippen LogP contribution in [0.5, 0.6) is 11.5 Å². The lowest BCUT2D eigenvalue weighted by molar-refractivity contribution is -0.135. The Kier molecular flexibility index (Phi) is 6.11. The number of ether oxygens (including phenoxy) is 3. The maximum absolute atomic E-state index is 12.2. The molecule has 0 aliphatic carbocycles. The lowest BCUT2D eigenvalue weighted by atomic mass is 9.98. The molecule has 1 unspecified atom stereocenters. The van der Waals surface area contributed by atoms with E-state index in [0.29, 0.717) is 23.7 Å². The van der Waals surface area contributed by atoms with Gasteiger partial charge in [0.2, 0.25) is 0 Å². The zero-order valence-corrected chi connectivity index (χ0v) is 15.3. The Hall–Kier alpha value is -3.55. The molecule has 0 saturated carbocycles. The Labute approximate surface area is 161 Å². The molecule has 2 aromatic rings. The van der Waals surface area contributed by atoms with E-state index in [-0.39, 0.29) is 13.0 Å². The van der Waals surface area contributed by atoms with Crippen LogP contribution in [0.25, 0.3) is 0 Å². The number of fused-ring (bicyclic) bond motifs is 1. The lowest BCUT2D eigenvalue weighted by Gasteiger charge is -2.23. The number of nitrogens with one attached hydrogen (secondary N) is 2. The van der Waals surface area contributed by atoms with E-state index in [2.05, 4.69) is 10.9 Å². The van der Waals surface area contributed by atoms with Crippen molar-refractivity contribution < 1.29 is 28.6 Å². The van der Waals surface area contributed by atoms with E-state index in [9.17, 15) is 14.4 Å². The van der Waals surface area contributed by atoms with Crippen molar-refractivity contribution in [3.8, 4) is 11.5 Å². The molecule has 0 spiro atoms. The summed E-state index contributed by atoms with van der Waals surface area (Å²) in [4.78, 5) is 36.1. The van der Waals surface area contributed by atoms with Crippen LogP contribution in [0.3, 0.4) is 0 Å². The Morgan fingerprint density at radius 3 is 2.46 bits per heavy atom. The molecule has 0 bridgehead atoms. The number of hydrogen-bond donors (Lipinski definition) is 2. The lowest BCUT2D eigenvalue weighted by Crippen LogP contribution is -2.50. The van der Waals surface area contributed by atoms with Gasteiger partial charge < -0.3 is 14.2 Å². The van der Waals surface area contributed by atoms with Crippen molar-refractivity contribution in [3.63, 3.8) is 0 Å². The Bertz CT molecular complexity index is 883. The molecule has 0 saturated heterocycles. The molecule has 28 heavy (non-hydrogen) atoms. The summed E-state index contributed by atoms with van der Waals surface area (Å²) in [6.07, 6.45) is -0.774. The molecular weight excluding hydrogens is 364 g/mol. The van der Waals surface area contributed by atoms with Gasteiger partial charge in [-0.15, -0.1) is 0 Å². The van der Waals surface area contributed by atoms with Crippen LogP contribution in [0.4, 0.5) is 0 Å². The summed E-state index contributed by atoms with van der Waals surface area (Å²) in [6.45, 7) is 1.99. The molecule has 1 aliphatic heterocycles. The number of carbonyl (C=O) groups excluding carboxylic acids is 3. The average molecular weight is 384 g/mol. The number of hydrogen-bond acceptors (Lipinski definition) is 6. The molecule has 0 fully saturated rings. The summed E-state index contributed by atoms with van der Waals surface area (Å²) in [5.74, 6) is -0.810. The third kappa shape index (κ3) is 4.59. The molecule has 1 heterocycles. The normalized spacial score (nSPS) is 15.0. The number of rotatable bonds is 6. The van der Waals surface area contributed by atoms with E-state index >= 15 is 0 Å². The minimum absolute atomic E-state index is 0.238. The van der Waals surface area contributed by atoms with Gasteiger partial charge in [0.1, 0.15) is 0 Å². The highest BCUT2D eigenvalue weighted by molar-refractivity contribution is 5.96. The molecule has 8 heteroatoms. The predicted octanol–water partition coefficient (Wildman–Crippen LogP) is 1.39. The number of benzene rings is 2. The first-order valence-electron chi connectivity index (χ1n) is 8.80. The Morgan fingerprint density at radius 1 is 1.04 bits per heavy atom. The molecular formula is C20H20N2O6. The van der Waals surface area contributed by atoms with Gasteiger partial charge >= 0.3 is 5.97 Å². The SMILES string of the molecule is CCOc1ccccc1OCC(=O)NNC(=O)C1Cc2ccccc2C(=O)O1. The molecule has 0 radical (unpaired) electrons. The van der Waals surface area contributed by atoms with Gasteiger partial charge in [0.15, 0.2) is 24.2 Å². The van der Waals surface area contributed by atoms with E-state index in [4.69, 9.17) is 14.2 Å². The van der Waals surface area contributed by atoms with Crippen molar-refractivity contribution in [2.75, 3.05) is 13.2 Å². The van der Waals surface area contributed by atoms with Gasteiger partial charge in [0, 0.05) is 6.42 Å². The van der Waals surface area contributed by atoms with Crippen LogP contribution >= 0.6 is 0 Å². The van der Waals surface area contributed by atoms with Gasteiger partial charge in [-0.1, -0.05) is 30.3 Å². The van der Waals surface area contributed by atoms with Gasteiger partial charge in [0.05, 0.1) is 12.2 Å². The highest BCUT2D eigenvalue weighted by atomic mass is 16.5. The maximum Gasteiger partial charge on any atom is 0.339 e. The van der Waals surface area contributed by atoms with Crippen LogP contribution in [0.2, 0.25) is 0 Å². The van der Waals surface area contributed by atoms with Crippen molar-refractivity contribution in [3.05, 3.63) is 59.7 Å². The molecule has 2 amide bonds. The number of carbonyl (C=O) groups is 3. The van der Waals surface area contributed by atoms with Gasteiger partial charge in [-0.25, -0.2) is 4.79 Å². The average Bonchev–Trinajstić information content (AvgIpc) is 2.71. The first-order valence-corrected chi connectivity index (χ1v) is 8.80. The zero-order valence-electron chi connectivity index (χ0n) is 15.3. The molecule has 2 N–H and O–H groups in total. The fourth-order valence-electron chi connectivity index (χ4n) is 2.71. The topological polar surface area (TPSA) is 103 Å². The minimum atomic E-state index is -1.01. The molecule has 8 nitrogen and oxygen atoms in total. The van der Waals surface area contributed by atoms with Crippen molar-refractivity contribution in [1.82, 2.24) is 10.9 Å². The van der Waals surface area contributed by atoms with E-state index in [0.717, 1.165) is 5.56 Å². The summed E-state index contributed by atoms with van der Waals surface area (Å²) < 4.78 is 16.0. The Morgan fingerprint density at radius 2 is 1.71 bits per heavy atom. The van der Waals surface area contributed by atoms with Crippen molar-refractivity contribution in [1.29, 1.82) is 0 Å². The van der Waals surface area contributed by atoms with E-state index in [1.54, 1.807) is 48.5 Å². The van der Waals surface area contributed by atoms with E-state index < -0.39 is 23.9 Å². The van der Waals surface area contributed by atoms with Crippen LogP contribution in [-0.2, 0) is 20.7 Å². The zero-order chi connectivity index (χ0) is 19.9. The smallest absolute Gasteiger partial charge is 0.339 e. The summed E-state index contributed by atoms with van der Waals surface area (Å²) in [7, 11) is 0. The second kappa shape index (κ2) is 8.90. The van der Waals surface area contributed by atoms with Gasteiger partial charge in [-0.3, -0.25) is 20.4 Å². The van der Waals surface area contributed by atoms with Crippen LogP contribution in [-0.4, -0.2) is 37.1 Å². The fourth-order valence-corrected chi connectivity index (χ4v) is 2.71. The highest BCUT2D eigenvalue weighted by Crippen LogP contribution is 2.26. The maximum atomic E-state index is 12.2. The second-order valence-corrected chi connectivity index (χ2v) is 5.96. The number of hydrazine groups is 1. The van der Waals surface area contributed by atoms with Crippen molar-refractivity contribution >= 4 is 17.8 Å². The van der Waals surface area contributed by atoms with Crippen LogP contribution in [0.15, 0.2) is 48.5 Å². The van der Waals surface area contributed by atoms with E-state index in [1.807, 2.05) is 6.92 Å². The van der Waals surface area contributed by atoms with E-state index in [1.165, 1.54) is 0 Å². The fraction of sp³-hybridized carbons (Fsp3) is 0.250. The summed E-state index contributed by atoms with van der Waals surface area (Å²) in [5.41, 5.74) is 5.66. The van der Waals surface area contributed by atoms with Crippen LogP contribution in [0, 0.1) is 0 Å². The molecule has 1 aliphatic rings. The number of cyclic esters (lactones) is 1. The number of esters is 1. The summed E-state index contributed by atoms with van der Waals surface area (Å²) in [5, 5.41) is 0. The van der Waals surface area contributed by atoms with Crippen LogP contribution < -0.4 is 20.3 Å². The quantitative estimate of drug-likeness (QED) is 0.576. The number of amides is 2. The first kappa shape index (κ1) is 19.2. The predicted molar refractivity (Wildman–Crippen MR) is 98.7 cm³/mol. The first-order chi connectivity index (χ1) is 13.6. The standard InChI is InChI=1S/C20H20N2O6/c1-2-26-15-9-5-6-10-16(15)27-12-18(23)21-22-19(24)17-11-13-7-3-4-8-14(13)20(25)28-17/h3-10,17H,2,11-12H2,1H3,(H,21,23)(H,22,24). The second-order valence-electron chi connectivity index (χ2n) is 5.96. The summed E-state index contributed by atoms with van der Waals surface area (Å²) >= 11 is 0. The third-order valence-corrected chi connectivity index (χ3v) is 4.02. The summed E-state index contributed by atoms with van der Waals surface area (Å²) in [6, 6.07) is 13.9. The van der Waals surface area contributed by atoms with Gasteiger partial charge in [-0.05, 0) is 30.7 Å². The van der Waals surface area contributed by atoms with Crippen molar-refractivity contribution in [2.24, 2.45) is 0 Å². The van der Waals surface area contributed by atoms with Crippen LogP contribution in [0.1, 0.15) is 22.8 Å². The largest absolute Gasteiger partial charge is 0.490 e. The minimum Gasteiger partial charge on any atom is -0.490 e. The molecule has 146 valence electrons. The molecule has 2 aromatic carbocycles. The number of para-hydroxylation sites is 2. The van der Waals surface area contributed by atoms with Gasteiger partial charge in [0.25, 0.3) is 11.8 Å². The third-order valence-electron chi connectivity index (χ3n) is 4.02. The molecule has 3 rings (SSSR count). The molecule has 0 aromatic heterocycles.